The Balaban J connectivity index is 0.00000231. The number of hydrogen-bond acceptors (Lipinski definition) is 7. The van der Waals surface area contributed by atoms with Crippen LogP contribution in [-0.4, -0.2) is 61.5 Å². The number of piperidine rings is 1. The maximum Gasteiger partial charge on any atom is 0.227 e. The molecule has 3 heterocycles. The number of amides is 1. The molecule has 41 heavy (non-hydrogen) atoms. The molecule has 1 amide bonds. The Bertz CT molecular complexity index is 1110. The summed E-state index contributed by atoms with van der Waals surface area (Å²) in [6.45, 7) is 10.5. The van der Waals surface area contributed by atoms with Gasteiger partial charge in [0.25, 0.3) is 0 Å². The first-order valence-corrected chi connectivity index (χ1v) is 15.5. The molecule has 1 atom stereocenters. The van der Waals surface area contributed by atoms with Crippen molar-refractivity contribution in [1.29, 1.82) is 0 Å². The minimum Gasteiger partial charge on any atom is -0.365 e. The van der Waals surface area contributed by atoms with Gasteiger partial charge in [-0.1, -0.05) is 40.5 Å². The number of nitrogens with zero attached hydrogens (tertiary/aromatic N) is 5. The fourth-order valence-electron chi connectivity index (χ4n) is 6.99. The van der Waals surface area contributed by atoms with E-state index in [0.29, 0.717) is 42.3 Å². The van der Waals surface area contributed by atoms with E-state index in [2.05, 4.69) is 47.8 Å². The van der Waals surface area contributed by atoms with Gasteiger partial charge in [0.15, 0.2) is 17.0 Å². The highest BCUT2D eigenvalue weighted by atomic mass is 35.5. The van der Waals surface area contributed by atoms with Crippen molar-refractivity contribution in [3.8, 4) is 0 Å². The molecule has 0 aromatic carbocycles. The number of nitrogens with one attached hydrogen (secondary N) is 2. The number of halogens is 2. The zero-order valence-corrected chi connectivity index (χ0v) is 27.0. The molecule has 4 N–H and O–H groups in total. The van der Waals surface area contributed by atoms with E-state index in [0.717, 1.165) is 75.0 Å². The van der Waals surface area contributed by atoms with Crippen LogP contribution >= 0.6 is 24.8 Å². The molecule has 3 aliphatic rings. The Labute approximate surface area is 258 Å². The predicted molar refractivity (Wildman–Crippen MR) is 172 cm³/mol. The van der Waals surface area contributed by atoms with Gasteiger partial charge in [0, 0.05) is 43.7 Å². The van der Waals surface area contributed by atoms with Crippen LogP contribution < -0.4 is 16.4 Å². The highest BCUT2D eigenvalue weighted by molar-refractivity contribution is 5.86. The van der Waals surface area contributed by atoms with E-state index in [4.69, 9.17) is 20.7 Å². The number of carbonyl (C=O) groups is 1. The summed E-state index contributed by atoms with van der Waals surface area (Å²) in [7, 11) is 0. The third-order valence-corrected chi connectivity index (χ3v) is 8.92. The van der Waals surface area contributed by atoms with Crippen molar-refractivity contribution >= 4 is 53.7 Å². The highest BCUT2D eigenvalue weighted by Crippen LogP contribution is 2.34. The van der Waals surface area contributed by atoms with Crippen LogP contribution in [0.1, 0.15) is 111 Å². The summed E-state index contributed by atoms with van der Waals surface area (Å²) in [4.78, 5) is 29.8. The van der Waals surface area contributed by atoms with E-state index in [1.807, 2.05) is 6.33 Å². The van der Waals surface area contributed by atoms with E-state index in [1.165, 1.54) is 25.7 Å². The molecule has 2 aromatic rings. The van der Waals surface area contributed by atoms with Crippen LogP contribution in [0.15, 0.2) is 6.33 Å². The lowest BCUT2D eigenvalue weighted by atomic mass is 9.84. The second kappa shape index (κ2) is 14.6. The third-order valence-electron chi connectivity index (χ3n) is 8.92. The standard InChI is InChI=1S/C30H50N8O.2ClH/c1-20(18-30(2,3)4)17-25(39)37-15-13-23(14-16-37)33-27-26-28(38(19-32-26)24-7-5-6-8-24)36-29(35-27)34-22-11-9-21(31)10-12-22;;/h19-24H,5-18,31H2,1-4H3,(H2,33,34,35,36);2*1H. The number of carbonyl (C=O) groups excluding carboxylic acids is 1. The van der Waals surface area contributed by atoms with Crippen LogP contribution in [0.5, 0.6) is 0 Å². The van der Waals surface area contributed by atoms with E-state index in [9.17, 15) is 4.79 Å². The second-order valence-corrected chi connectivity index (χ2v) is 13.8. The topological polar surface area (TPSA) is 114 Å². The first kappa shape index (κ1) is 33.7. The summed E-state index contributed by atoms with van der Waals surface area (Å²) in [5.74, 6) is 2.20. The van der Waals surface area contributed by atoms with Gasteiger partial charge in [-0.05, 0) is 69.1 Å². The fraction of sp³-hybridized carbons (Fsp3) is 0.800. The molecule has 5 rings (SSSR count). The maximum absolute atomic E-state index is 13.0. The van der Waals surface area contributed by atoms with Crippen molar-refractivity contribution in [2.75, 3.05) is 23.7 Å². The van der Waals surface area contributed by atoms with E-state index < -0.39 is 0 Å². The predicted octanol–water partition coefficient (Wildman–Crippen LogP) is 6.33. The first-order chi connectivity index (χ1) is 18.6. The van der Waals surface area contributed by atoms with Crippen LogP contribution in [0.25, 0.3) is 11.2 Å². The number of hydrogen-bond donors (Lipinski definition) is 3. The molecule has 1 unspecified atom stereocenters. The molecule has 3 fully saturated rings. The molecule has 0 bridgehead atoms. The van der Waals surface area contributed by atoms with Crippen LogP contribution in [0.4, 0.5) is 11.8 Å². The van der Waals surface area contributed by atoms with Crippen LogP contribution in [-0.2, 0) is 4.79 Å². The van der Waals surface area contributed by atoms with Gasteiger partial charge in [0.1, 0.15) is 0 Å². The van der Waals surface area contributed by atoms with Crippen molar-refractivity contribution in [3.05, 3.63) is 6.33 Å². The molecule has 0 spiro atoms. The number of aromatic nitrogens is 4. The van der Waals surface area contributed by atoms with Gasteiger partial charge in [0.2, 0.25) is 11.9 Å². The summed E-state index contributed by atoms with van der Waals surface area (Å²) >= 11 is 0. The van der Waals surface area contributed by atoms with Gasteiger partial charge in [-0.25, -0.2) is 4.98 Å². The minimum absolute atomic E-state index is 0. The normalized spacial score (nSPS) is 23.1. The van der Waals surface area contributed by atoms with Gasteiger partial charge >= 0.3 is 0 Å². The monoisotopic (exact) mass is 610 g/mol. The van der Waals surface area contributed by atoms with Crippen LogP contribution in [0, 0.1) is 11.3 Å². The van der Waals surface area contributed by atoms with Gasteiger partial charge in [0.05, 0.1) is 6.33 Å². The first-order valence-electron chi connectivity index (χ1n) is 15.5. The third kappa shape index (κ3) is 8.83. The number of fused-ring (bicyclic) bond motifs is 1. The van der Waals surface area contributed by atoms with E-state index in [1.54, 1.807) is 0 Å². The Hall–Kier alpha value is -1.84. The molecule has 9 nitrogen and oxygen atoms in total. The van der Waals surface area contributed by atoms with Gasteiger partial charge in [-0.2, -0.15) is 9.97 Å². The Morgan fingerprint density at radius 3 is 2.24 bits per heavy atom. The molecule has 1 saturated heterocycles. The fourth-order valence-corrected chi connectivity index (χ4v) is 6.99. The summed E-state index contributed by atoms with van der Waals surface area (Å²) in [6.07, 6.45) is 14.6. The van der Waals surface area contributed by atoms with Crippen molar-refractivity contribution < 1.29 is 4.79 Å². The zero-order chi connectivity index (χ0) is 27.6. The number of nitrogens with two attached hydrogens (primary N) is 1. The number of anilines is 2. The molecule has 0 radical (unpaired) electrons. The summed E-state index contributed by atoms with van der Waals surface area (Å²) in [5.41, 5.74) is 8.17. The van der Waals surface area contributed by atoms with Gasteiger partial charge in [-0.3, -0.25) is 4.79 Å². The lowest BCUT2D eigenvalue weighted by molar-refractivity contribution is -0.133. The average Bonchev–Trinajstić information content (AvgIpc) is 3.55. The maximum atomic E-state index is 13.0. The molecule has 2 aromatic heterocycles. The second-order valence-electron chi connectivity index (χ2n) is 13.8. The average molecular weight is 612 g/mol. The molecule has 11 heteroatoms. The highest BCUT2D eigenvalue weighted by Gasteiger charge is 2.28. The number of rotatable bonds is 8. The lowest BCUT2D eigenvalue weighted by Gasteiger charge is -2.34. The largest absolute Gasteiger partial charge is 0.365 e. The zero-order valence-electron chi connectivity index (χ0n) is 25.4. The summed E-state index contributed by atoms with van der Waals surface area (Å²) in [5, 5.41) is 7.34. The van der Waals surface area contributed by atoms with Crippen molar-refractivity contribution in [1.82, 2.24) is 24.4 Å². The quantitative estimate of drug-likeness (QED) is 0.320. The molecular formula is C30H52Cl2N8O. The number of imidazole rings is 1. The van der Waals surface area contributed by atoms with E-state index >= 15 is 0 Å². The summed E-state index contributed by atoms with van der Waals surface area (Å²) in [6, 6.07) is 1.39. The van der Waals surface area contributed by atoms with Crippen LogP contribution in [0.2, 0.25) is 0 Å². The SMILES string of the molecule is CC(CC(=O)N1CCC(Nc2nc(NC3CCC(N)CC3)nc3c2ncn3C2CCCC2)CC1)CC(C)(C)C.Cl.Cl. The van der Waals surface area contributed by atoms with Crippen LogP contribution in [0.3, 0.4) is 0 Å². The van der Waals surface area contributed by atoms with Crippen molar-refractivity contribution in [2.24, 2.45) is 17.1 Å². The molecule has 2 aliphatic carbocycles. The Morgan fingerprint density at radius 2 is 1.61 bits per heavy atom. The molecule has 1 aliphatic heterocycles. The Kier molecular flexibility index (Phi) is 12.0. The smallest absolute Gasteiger partial charge is 0.227 e. The van der Waals surface area contributed by atoms with Crippen molar-refractivity contribution in [2.45, 2.75) is 129 Å². The van der Waals surface area contributed by atoms with E-state index in [-0.39, 0.29) is 36.3 Å². The lowest BCUT2D eigenvalue weighted by Crippen LogP contribution is -2.43. The Morgan fingerprint density at radius 1 is 0.976 bits per heavy atom. The number of likely N-dealkylation sites (tertiary alicyclic amines) is 1. The van der Waals surface area contributed by atoms with Gasteiger partial charge < -0.3 is 25.8 Å². The molecular weight excluding hydrogens is 559 g/mol. The summed E-state index contributed by atoms with van der Waals surface area (Å²) < 4.78 is 2.27. The minimum atomic E-state index is 0. The molecule has 2 saturated carbocycles. The molecule has 232 valence electrons. The van der Waals surface area contributed by atoms with Gasteiger partial charge in [-0.15, -0.1) is 24.8 Å². The van der Waals surface area contributed by atoms with Crippen molar-refractivity contribution in [3.63, 3.8) is 0 Å².